The lowest BCUT2D eigenvalue weighted by molar-refractivity contribution is -0.153. The Kier molecular flexibility index (Phi) is 10.8. The van der Waals surface area contributed by atoms with Gasteiger partial charge in [-0.1, -0.05) is 12.1 Å². The summed E-state index contributed by atoms with van der Waals surface area (Å²) in [5.41, 5.74) is -0.708. The molecular weight excluding hydrogens is 498 g/mol. The number of nitrogens with one attached hydrogen (secondary N) is 2. The summed E-state index contributed by atoms with van der Waals surface area (Å²) in [6, 6.07) is 5.47. The summed E-state index contributed by atoms with van der Waals surface area (Å²) < 4.78 is 10.6. The number of unbranched alkanes of at least 4 members (excludes halogenated alkanes) is 1. The van der Waals surface area contributed by atoms with Gasteiger partial charge < -0.3 is 19.9 Å². The molecule has 37 heavy (non-hydrogen) atoms. The second-order valence-corrected chi connectivity index (χ2v) is 11.9. The van der Waals surface area contributed by atoms with E-state index in [1.807, 2.05) is 12.1 Å². The van der Waals surface area contributed by atoms with Crippen molar-refractivity contribution in [2.24, 2.45) is 0 Å². The molecule has 3 N–H and O–H groups in total. The smallest absolute Gasteiger partial charge is 0.407 e. The number of amides is 2. The highest BCUT2D eigenvalue weighted by molar-refractivity contribution is 7.99. The van der Waals surface area contributed by atoms with Crippen LogP contribution >= 0.6 is 11.8 Å². The summed E-state index contributed by atoms with van der Waals surface area (Å²) in [6.45, 7) is 10.7. The zero-order chi connectivity index (χ0) is 27.8. The standard InChI is InChI=1S/C26H39N3O7S/c1-25(2,3)35-21(30)15-29-19-12-7-8-13-20(19)37-16-18(22(29)31)28-17(23(32)33)11-9-10-14-27-24(34)36-26(4,5)6/h7-8,12-13,17-18,28H,9-11,14-16H2,1-6H3,(H,27,34)(H,32,33)/t17-,18?/m1/s1. The van der Waals surface area contributed by atoms with Crippen LogP contribution in [0.4, 0.5) is 10.5 Å². The number of fused-ring (bicyclic) bond motifs is 1. The van der Waals surface area contributed by atoms with Crippen LogP contribution in [-0.4, -0.2) is 71.2 Å². The van der Waals surface area contributed by atoms with Crippen LogP contribution in [0.3, 0.4) is 0 Å². The van der Waals surface area contributed by atoms with Crippen molar-refractivity contribution in [2.45, 2.75) is 89.0 Å². The molecule has 2 atom stereocenters. The molecule has 0 spiro atoms. The topological polar surface area (TPSA) is 134 Å². The lowest BCUT2D eigenvalue weighted by Gasteiger charge is -2.28. The molecule has 11 heteroatoms. The van der Waals surface area contributed by atoms with Crippen molar-refractivity contribution in [3.05, 3.63) is 24.3 Å². The van der Waals surface area contributed by atoms with Gasteiger partial charge in [-0.25, -0.2) is 4.79 Å². The summed E-state index contributed by atoms with van der Waals surface area (Å²) in [6.07, 6.45) is 0.800. The maximum absolute atomic E-state index is 13.5. The molecule has 0 saturated carbocycles. The van der Waals surface area contributed by atoms with Gasteiger partial charge in [-0.05, 0) is 72.9 Å². The maximum atomic E-state index is 13.5. The molecule has 10 nitrogen and oxygen atoms in total. The van der Waals surface area contributed by atoms with Crippen LogP contribution in [0.25, 0.3) is 0 Å². The molecule has 0 radical (unpaired) electrons. The number of hydrogen-bond donors (Lipinski definition) is 3. The fourth-order valence-electron chi connectivity index (χ4n) is 3.64. The number of nitrogens with zero attached hydrogens (tertiary/aromatic N) is 1. The molecule has 2 rings (SSSR count). The Balaban J connectivity index is 2.03. The first kappa shape index (κ1) is 30.4. The van der Waals surface area contributed by atoms with E-state index in [0.717, 1.165) is 4.90 Å². The highest BCUT2D eigenvalue weighted by Crippen LogP contribution is 2.34. The molecule has 1 unspecified atom stereocenters. The lowest BCUT2D eigenvalue weighted by Crippen LogP contribution is -2.54. The zero-order valence-corrected chi connectivity index (χ0v) is 23.3. The van der Waals surface area contributed by atoms with E-state index in [9.17, 15) is 24.3 Å². The van der Waals surface area contributed by atoms with E-state index < -0.39 is 41.3 Å². The molecule has 206 valence electrons. The molecule has 1 aromatic carbocycles. The van der Waals surface area contributed by atoms with Crippen LogP contribution in [0.15, 0.2) is 29.2 Å². The molecule has 0 aliphatic carbocycles. The third kappa shape index (κ3) is 10.6. The Morgan fingerprint density at radius 1 is 1.08 bits per heavy atom. The molecule has 1 aromatic rings. The summed E-state index contributed by atoms with van der Waals surface area (Å²) in [7, 11) is 0. The molecule has 1 aliphatic heterocycles. The number of hydrogen-bond acceptors (Lipinski definition) is 8. The second-order valence-electron chi connectivity index (χ2n) is 10.8. The first-order valence-corrected chi connectivity index (χ1v) is 13.4. The van der Waals surface area contributed by atoms with Gasteiger partial charge in [-0.15, -0.1) is 11.8 Å². The molecule has 2 amide bonds. The van der Waals surface area contributed by atoms with E-state index in [1.54, 1.807) is 53.7 Å². The van der Waals surface area contributed by atoms with E-state index in [0.29, 0.717) is 30.8 Å². The van der Waals surface area contributed by atoms with Gasteiger partial charge in [0.15, 0.2) is 0 Å². The summed E-state index contributed by atoms with van der Waals surface area (Å²) in [5.74, 6) is -1.70. The van der Waals surface area contributed by atoms with Crippen LogP contribution < -0.4 is 15.5 Å². The minimum Gasteiger partial charge on any atom is -0.480 e. The molecule has 1 aliphatic rings. The molecule has 1 heterocycles. The van der Waals surface area contributed by atoms with Gasteiger partial charge >= 0.3 is 18.0 Å². The average Bonchev–Trinajstić information content (AvgIpc) is 2.87. The number of carbonyl (C=O) groups is 4. The van der Waals surface area contributed by atoms with Crippen LogP contribution in [0, 0.1) is 0 Å². The number of carbonyl (C=O) groups excluding carboxylic acids is 3. The van der Waals surface area contributed by atoms with Gasteiger partial charge in [-0.3, -0.25) is 24.6 Å². The van der Waals surface area contributed by atoms with Crippen molar-refractivity contribution in [1.29, 1.82) is 0 Å². The summed E-state index contributed by atoms with van der Waals surface area (Å²) in [4.78, 5) is 52.0. The van der Waals surface area contributed by atoms with Crippen LogP contribution in [0.2, 0.25) is 0 Å². The van der Waals surface area contributed by atoms with E-state index >= 15 is 0 Å². The van der Waals surface area contributed by atoms with E-state index in [2.05, 4.69) is 10.6 Å². The predicted octanol–water partition coefficient (Wildman–Crippen LogP) is 3.57. The number of anilines is 1. The van der Waals surface area contributed by atoms with Gasteiger partial charge in [0.05, 0.1) is 11.7 Å². The highest BCUT2D eigenvalue weighted by Gasteiger charge is 2.35. The molecule has 0 aromatic heterocycles. The zero-order valence-electron chi connectivity index (χ0n) is 22.5. The van der Waals surface area contributed by atoms with Crippen LogP contribution in [0.1, 0.15) is 60.8 Å². The lowest BCUT2D eigenvalue weighted by atomic mass is 10.1. The summed E-state index contributed by atoms with van der Waals surface area (Å²) in [5, 5.41) is 15.4. The summed E-state index contributed by atoms with van der Waals surface area (Å²) >= 11 is 1.43. The molecule has 0 saturated heterocycles. The first-order valence-electron chi connectivity index (χ1n) is 12.4. The Morgan fingerprint density at radius 2 is 1.73 bits per heavy atom. The quantitative estimate of drug-likeness (QED) is 0.302. The van der Waals surface area contributed by atoms with Gasteiger partial charge in [-0.2, -0.15) is 0 Å². The monoisotopic (exact) mass is 537 g/mol. The van der Waals surface area contributed by atoms with Crippen molar-refractivity contribution in [3.63, 3.8) is 0 Å². The number of ether oxygens (including phenoxy) is 2. The van der Waals surface area contributed by atoms with E-state index in [-0.39, 0.29) is 18.9 Å². The third-order valence-corrected chi connectivity index (χ3v) is 6.28. The van der Waals surface area contributed by atoms with E-state index in [4.69, 9.17) is 9.47 Å². The van der Waals surface area contributed by atoms with Gasteiger partial charge in [0.1, 0.15) is 23.8 Å². The highest BCUT2D eigenvalue weighted by atomic mass is 32.2. The van der Waals surface area contributed by atoms with Gasteiger partial charge in [0, 0.05) is 17.2 Å². The third-order valence-electron chi connectivity index (χ3n) is 5.12. The molecule has 0 fully saturated rings. The average molecular weight is 538 g/mol. The fourth-order valence-corrected chi connectivity index (χ4v) is 4.72. The van der Waals surface area contributed by atoms with Gasteiger partial charge in [0.25, 0.3) is 0 Å². The second kappa shape index (κ2) is 13.1. The normalized spacial score (nSPS) is 16.9. The van der Waals surface area contributed by atoms with Gasteiger partial charge in [0.2, 0.25) is 5.91 Å². The Bertz CT molecular complexity index is 972. The number of benzene rings is 1. The number of carboxylic acid groups (broad SMARTS) is 1. The number of thioether (sulfide) groups is 1. The van der Waals surface area contributed by atoms with Crippen molar-refractivity contribution in [1.82, 2.24) is 10.6 Å². The number of rotatable bonds is 10. The first-order chi connectivity index (χ1) is 17.2. The number of esters is 1. The van der Waals surface area contributed by atoms with Crippen molar-refractivity contribution < 1.29 is 33.8 Å². The van der Waals surface area contributed by atoms with E-state index in [1.165, 1.54) is 16.7 Å². The van der Waals surface area contributed by atoms with Crippen molar-refractivity contribution >= 4 is 41.4 Å². The molecular formula is C26H39N3O7S. The molecule has 0 bridgehead atoms. The predicted molar refractivity (Wildman–Crippen MR) is 142 cm³/mol. The fraction of sp³-hybridized carbons (Fsp3) is 0.615. The Labute approximate surface area is 222 Å². The number of aliphatic carboxylic acids is 1. The Morgan fingerprint density at radius 3 is 2.35 bits per heavy atom. The number of para-hydroxylation sites is 1. The van der Waals surface area contributed by atoms with Crippen molar-refractivity contribution in [3.8, 4) is 0 Å². The van der Waals surface area contributed by atoms with Crippen molar-refractivity contribution in [2.75, 3.05) is 23.7 Å². The maximum Gasteiger partial charge on any atom is 0.407 e. The largest absolute Gasteiger partial charge is 0.480 e. The van der Waals surface area contributed by atoms with Crippen LogP contribution in [0.5, 0.6) is 0 Å². The van der Waals surface area contributed by atoms with Crippen LogP contribution in [-0.2, 0) is 23.9 Å². The SMILES string of the molecule is CC(C)(C)OC(=O)CN1C(=O)C(N[C@H](CCCCNC(=O)OC(C)(C)C)C(=O)O)CSc2ccccc21. The number of carboxylic acids is 1. The Hall–Kier alpha value is -2.79. The minimum absolute atomic E-state index is 0.263. The number of alkyl carbamates (subject to hydrolysis) is 1. The minimum atomic E-state index is -1.07.